The summed E-state index contributed by atoms with van der Waals surface area (Å²) in [5.41, 5.74) is 5.24. The first kappa shape index (κ1) is 16.6. The molecule has 0 nitrogen and oxygen atoms in total. The first-order chi connectivity index (χ1) is 9.85. The third kappa shape index (κ3) is 3.70. The van der Waals surface area contributed by atoms with Crippen molar-refractivity contribution in [3.05, 3.63) is 69.7 Å². The minimum atomic E-state index is 0.201. The molecule has 0 radical (unpaired) electrons. The molecule has 2 rings (SSSR count). The van der Waals surface area contributed by atoms with Crippen molar-refractivity contribution in [2.75, 3.05) is 0 Å². The van der Waals surface area contributed by atoms with Crippen molar-refractivity contribution in [2.24, 2.45) is 0 Å². The van der Waals surface area contributed by atoms with Gasteiger partial charge in [0.15, 0.2) is 0 Å². The van der Waals surface area contributed by atoms with Crippen molar-refractivity contribution in [2.45, 2.75) is 44.4 Å². The number of hydrogen-bond donors (Lipinski definition) is 0. The molecule has 0 bridgehead atoms. The van der Waals surface area contributed by atoms with Crippen LogP contribution in [0.25, 0.3) is 0 Å². The topological polar surface area (TPSA) is 0 Å². The monoisotopic (exact) mass is 364 g/mol. The second kappa shape index (κ2) is 6.54. The molecule has 0 amide bonds. The van der Waals surface area contributed by atoms with E-state index in [2.05, 4.69) is 73.1 Å². The Morgan fingerprint density at radius 1 is 1.05 bits per heavy atom. The van der Waals surface area contributed by atoms with Gasteiger partial charge in [-0.1, -0.05) is 84.7 Å². The SMILES string of the molecule is CCC(C)(C)c1ccc(C(Br)c2ccc(Cl)c(C)c2)cc1. The van der Waals surface area contributed by atoms with E-state index in [-0.39, 0.29) is 10.2 Å². The van der Waals surface area contributed by atoms with Gasteiger partial charge in [-0.05, 0) is 47.1 Å². The van der Waals surface area contributed by atoms with Crippen LogP contribution in [0, 0.1) is 6.92 Å². The molecule has 2 heteroatoms. The van der Waals surface area contributed by atoms with Crippen molar-refractivity contribution < 1.29 is 0 Å². The summed E-state index contributed by atoms with van der Waals surface area (Å²) in [6.07, 6.45) is 1.14. The fourth-order valence-electron chi connectivity index (χ4n) is 2.33. The molecule has 0 aliphatic rings. The highest BCUT2D eigenvalue weighted by Gasteiger charge is 2.18. The van der Waals surface area contributed by atoms with E-state index in [0.717, 1.165) is 17.0 Å². The Morgan fingerprint density at radius 2 is 1.62 bits per heavy atom. The third-order valence-electron chi connectivity index (χ3n) is 4.34. The van der Waals surface area contributed by atoms with Crippen LogP contribution in [0.15, 0.2) is 42.5 Å². The van der Waals surface area contributed by atoms with E-state index in [1.165, 1.54) is 16.7 Å². The molecule has 0 aromatic heterocycles. The van der Waals surface area contributed by atoms with Gasteiger partial charge in [0.1, 0.15) is 0 Å². The predicted octanol–water partition coefficient (Wildman–Crippen LogP) is 6.82. The molecule has 0 saturated heterocycles. The maximum absolute atomic E-state index is 6.10. The molecule has 0 aliphatic carbocycles. The van der Waals surface area contributed by atoms with E-state index >= 15 is 0 Å². The number of halogens is 2. The van der Waals surface area contributed by atoms with Crippen molar-refractivity contribution in [1.82, 2.24) is 0 Å². The molecular formula is C19H22BrCl. The van der Waals surface area contributed by atoms with Crippen molar-refractivity contribution >= 4 is 27.5 Å². The number of rotatable bonds is 4. The molecular weight excluding hydrogens is 344 g/mol. The van der Waals surface area contributed by atoms with Crippen LogP contribution in [0.5, 0.6) is 0 Å². The molecule has 1 atom stereocenters. The molecule has 2 aromatic carbocycles. The highest BCUT2D eigenvalue weighted by atomic mass is 79.9. The van der Waals surface area contributed by atoms with Crippen LogP contribution in [0.2, 0.25) is 5.02 Å². The minimum absolute atomic E-state index is 0.201. The van der Waals surface area contributed by atoms with Crippen molar-refractivity contribution in [1.29, 1.82) is 0 Å². The highest BCUT2D eigenvalue weighted by Crippen LogP contribution is 2.34. The Labute approximate surface area is 141 Å². The minimum Gasteiger partial charge on any atom is -0.0841 e. The number of alkyl halides is 1. The van der Waals surface area contributed by atoms with Gasteiger partial charge in [-0.2, -0.15) is 0 Å². The molecule has 21 heavy (non-hydrogen) atoms. The average molecular weight is 366 g/mol. The Kier molecular flexibility index (Phi) is 5.16. The van der Waals surface area contributed by atoms with Crippen LogP contribution in [0.1, 0.15) is 54.3 Å². The van der Waals surface area contributed by atoms with Crippen LogP contribution in [0.4, 0.5) is 0 Å². The normalized spacial score (nSPS) is 13.2. The van der Waals surface area contributed by atoms with Gasteiger partial charge < -0.3 is 0 Å². The molecule has 112 valence electrons. The van der Waals surface area contributed by atoms with Gasteiger partial charge in [-0.25, -0.2) is 0 Å². The van der Waals surface area contributed by atoms with Gasteiger partial charge in [0.05, 0.1) is 4.83 Å². The van der Waals surface area contributed by atoms with E-state index < -0.39 is 0 Å². The third-order valence-corrected chi connectivity index (χ3v) is 5.82. The molecule has 2 aromatic rings. The highest BCUT2D eigenvalue weighted by molar-refractivity contribution is 9.09. The molecule has 0 fully saturated rings. The smallest absolute Gasteiger partial charge is 0.0644 e. The lowest BCUT2D eigenvalue weighted by molar-refractivity contribution is 0.506. The van der Waals surface area contributed by atoms with Gasteiger partial charge in [0, 0.05) is 5.02 Å². The summed E-state index contributed by atoms with van der Waals surface area (Å²) in [5, 5.41) is 0.818. The molecule has 0 N–H and O–H groups in total. The summed E-state index contributed by atoms with van der Waals surface area (Å²) >= 11 is 9.90. The number of aryl methyl sites for hydroxylation is 1. The Bertz CT molecular complexity index is 614. The van der Waals surface area contributed by atoms with Crippen LogP contribution < -0.4 is 0 Å². The van der Waals surface area contributed by atoms with Crippen LogP contribution in [-0.4, -0.2) is 0 Å². The lowest BCUT2D eigenvalue weighted by Crippen LogP contribution is -2.15. The van der Waals surface area contributed by atoms with E-state index in [1.54, 1.807) is 0 Å². The maximum Gasteiger partial charge on any atom is 0.0644 e. The van der Waals surface area contributed by atoms with E-state index in [4.69, 9.17) is 11.6 Å². The lowest BCUT2D eigenvalue weighted by Gasteiger charge is -2.24. The van der Waals surface area contributed by atoms with Gasteiger partial charge in [-0.15, -0.1) is 0 Å². The van der Waals surface area contributed by atoms with E-state index in [1.807, 2.05) is 13.0 Å². The molecule has 0 spiro atoms. The fourth-order valence-corrected chi connectivity index (χ4v) is 3.03. The van der Waals surface area contributed by atoms with Crippen LogP contribution >= 0.6 is 27.5 Å². The van der Waals surface area contributed by atoms with E-state index in [9.17, 15) is 0 Å². The largest absolute Gasteiger partial charge is 0.0841 e. The number of benzene rings is 2. The average Bonchev–Trinajstić information content (AvgIpc) is 2.49. The summed E-state index contributed by atoms with van der Waals surface area (Å²) in [5.74, 6) is 0. The van der Waals surface area contributed by atoms with Gasteiger partial charge in [-0.3, -0.25) is 0 Å². The maximum atomic E-state index is 6.10. The summed E-state index contributed by atoms with van der Waals surface area (Å²) in [6, 6.07) is 15.1. The molecule has 0 heterocycles. The van der Waals surface area contributed by atoms with Gasteiger partial charge >= 0.3 is 0 Å². The van der Waals surface area contributed by atoms with E-state index in [0.29, 0.717) is 0 Å². The first-order valence-corrected chi connectivity index (χ1v) is 8.65. The second-order valence-electron chi connectivity index (χ2n) is 6.23. The Balaban J connectivity index is 2.27. The standard InChI is InChI=1S/C19H22BrCl/c1-5-19(3,4)16-9-6-14(7-10-16)18(20)15-8-11-17(21)13(2)12-15/h6-12,18H,5H2,1-4H3. The zero-order chi connectivity index (χ0) is 15.6. The summed E-state index contributed by atoms with van der Waals surface area (Å²) in [7, 11) is 0. The Morgan fingerprint density at radius 3 is 2.14 bits per heavy atom. The van der Waals surface area contributed by atoms with Crippen LogP contribution in [-0.2, 0) is 5.41 Å². The summed E-state index contributed by atoms with van der Waals surface area (Å²) in [6.45, 7) is 8.85. The quantitative estimate of drug-likeness (QED) is 0.521. The molecule has 0 aliphatic heterocycles. The van der Waals surface area contributed by atoms with Crippen molar-refractivity contribution in [3.8, 4) is 0 Å². The molecule has 1 unspecified atom stereocenters. The first-order valence-electron chi connectivity index (χ1n) is 7.35. The molecule has 0 saturated carbocycles. The van der Waals surface area contributed by atoms with Crippen molar-refractivity contribution in [3.63, 3.8) is 0 Å². The van der Waals surface area contributed by atoms with Gasteiger partial charge in [0.2, 0.25) is 0 Å². The van der Waals surface area contributed by atoms with Crippen LogP contribution in [0.3, 0.4) is 0 Å². The second-order valence-corrected chi connectivity index (χ2v) is 7.55. The lowest BCUT2D eigenvalue weighted by atomic mass is 9.82. The Hall–Kier alpha value is -0.790. The summed E-state index contributed by atoms with van der Waals surface area (Å²) < 4.78 is 0. The van der Waals surface area contributed by atoms with Gasteiger partial charge in [0.25, 0.3) is 0 Å². The summed E-state index contributed by atoms with van der Waals surface area (Å²) in [4.78, 5) is 0.201. The predicted molar refractivity (Wildman–Crippen MR) is 96.7 cm³/mol. The zero-order valence-corrected chi connectivity index (χ0v) is 15.4. The zero-order valence-electron chi connectivity index (χ0n) is 13.1. The fraction of sp³-hybridized carbons (Fsp3) is 0.368. The number of hydrogen-bond acceptors (Lipinski definition) is 0.